The number of nitrogens with one attached hydrogen (secondary N) is 1. The molecule has 0 atom stereocenters. The highest BCUT2D eigenvalue weighted by Gasteiger charge is 2.12. The summed E-state index contributed by atoms with van der Waals surface area (Å²) in [4.78, 5) is 4.40. The molecule has 5 nitrogen and oxygen atoms in total. The van der Waals surface area contributed by atoms with Gasteiger partial charge in [-0.05, 0) is 36.3 Å². The van der Waals surface area contributed by atoms with Gasteiger partial charge in [0.2, 0.25) is 0 Å². The summed E-state index contributed by atoms with van der Waals surface area (Å²) in [5.74, 6) is 0. The number of hydrogen-bond donors (Lipinski definition) is 1. The van der Waals surface area contributed by atoms with Gasteiger partial charge < -0.3 is 9.88 Å². The van der Waals surface area contributed by atoms with Crippen LogP contribution in [0.25, 0.3) is 0 Å². The average Bonchev–Trinajstić information content (AvgIpc) is 2.96. The van der Waals surface area contributed by atoms with Crippen LogP contribution in [0.1, 0.15) is 30.9 Å². The molecule has 104 valence electrons. The smallest absolute Gasteiger partial charge is 0.0953 e. The van der Waals surface area contributed by atoms with Gasteiger partial charge in [-0.15, -0.1) is 0 Å². The van der Waals surface area contributed by atoms with E-state index in [-0.39, 0.29) is 0 Å². The van der Waals surface area contributed by atoms with Gasteiger partial charge in [0.1, 0.15) is 0 Å². The zero-order chi connectivity index (χ0) is 13.8. The van der Waals surface area contributed by atoms with E-state index >= 15 is 0 Å². The number of aryl methyl sites for hydroxylation is 2. The lowest BCUT2D eigenvalue weighted by Gasteiger charge is -2.06. The molecule has 0 spiro atoms. The van der Waals surface area contributed by atoms with Crippen LogP contribution in [0.4, 0.5) is 0 Å². The van der Waals surface area contributed by atoms with E-state index in [4.69, 9.17) is 0 Å². The first-order valence-electron chi connectivity index (χ1n) is 6.58. The van der Waals surface area contributed by atoms with Crippen molar-refractivity contribution >= 4 is 15.9 Å². The molecule has 0 saturated heterocycles. The number of hydrogen-bond acceptors (Lipinski definition) is 3. The summed E-state index contributed by atoms with van der Waals surface area (Å²) in [5.41, 5.74) is 3.29. The highest BCUT2D eigenvalue weighted by Crippen LogP contribution is 2.21. The lowest BCUT2D eigenvalue weighted by Crippen LogP contribution is -2.12. The summed E-state index contributed by atoms with van der Waals surface area (Å²) in [6.45, 7) is 9.65. The highest BCUT2D eigenvalue weighted by atomic mass is 79.9. The quantitative estimate of drug-likeness (QED) is 0.886. The molecule has 0 aliphatic carbocycles. The maximum Gasteiger partial charge on any atom is 0.0953 e. The second-order valence-corrected chi connectivity index (χ2v) is 5.27. The summed E-state index contributed by atoms with van der Waals surface area (Å²) in [5, 5.41) is 7.78. The van der Waals surface area contributed by atoms with Crippen LogP contribution in [0.15, 0.2) is 17.0 Å². The Morgan fingerprint density at radius 1 is 1.37 bits per heavy atom. The predicted molar refractivity (Wildman–Crippen MR) is 79.0 cm³/mol. The van der Waals surface area contributed by atoms with Crippen LogP contribution in [0.2, 0.25) is 0 Å². The average molecular weight is 326 g/mol. The van der Waals surface area contributed by atoms with E-state index in [9.17, 15) is 0 Å². The van der Waals surface area contributed by atoms with Crippen molar-refractivity contribution in [2.75, 3.05) is 6.54 Å². The van der Waals surface area contributed by atoms with E-state index < -0.39 is 0 Å². The van der Waals surface area contributed by atoms with Gasteiger partial charge in [-0.2, -0.15) is 5.10 Å². The Morgan fingerprint density at radius 3 is 2.84 bits per heavy atom. The normalized spacial score (nSPS) is 11.2. The summed E-state index contributed by atoms with van der Waals surface area (Å²) >= 11 is 3.62. The molecule has 0 bridgehead atoms. The molecule has 0 radical (unpaired) electrons. The highest BCUT2D eigenvalue weighted by molar-refractivity contribution is 9.10. The van der Waals surface area contributed by atoms with Crippen molar-refractivity contribution in [2.24, 2.45) is 0 Å². The monoisotopic (exact) mass is 325 g/mol. The Labute approximate surface area is 122 Å². The second kappa shape index (κ2) is 6.34. The van der Waals surface area contributed by atoms with Gasteiger partial charge in [0.05, 0.1) is 34.4 Å². The molecule has 0 aromatic carbocycles. The minimum Gasteiger partial charge on any atom is -0.331 e. The van der Waals surface area contributed by atoms with E-state index in [1.54, 1.807) is 0 Å². The van der Waals surface area contributed by atoms with E-state index in [1.807, 2.05) is 17.9 Å². The van der Waals surface area contributed by atoms with Crippen LogP contribution in [0.5, 0.6) is 0 Å². The molecule has 2 rings (SSSR count). The van der Waals surface area contributed by atoms with Crippen molar-refractivity contribution in [2.45, 2.75) is 40.4 Å². The van der Waals surface area contributed by atoms with Crippen LogP contribution in [-0.2, 0) is 19.6 Å². The van der Waals surface area contributed by atoms with E-state index in [0.717, 1.165) is 42.0 Å². The number of rotatable bonds is 6. The fraction of sp³-hybridized carbons (Fsp3) is 0.538. The van der Waals surface area contributed by atoms with Gasteiger partial charge in [0, 0.05) is 19.3 Å². The third kappa shape index (κ3) is 3.25. The van der Waals surface area contributed by atoms with Gasteiger partial charge >= 0.3 is 0 Å². The fourth-order valence-electron chi connectivity index (χ4n) is 2.03. The van der Waals surface area contributed by atoms with Gasteiger partial charge in [-0.3, -0.25) is 4.68 Å². The Morgan fingerprint density at radius 2 is 2.16 bits per heavy atom. The maximum atomic E-state index is 4.50. The van der Waals surface area contributed by atoms with Gasteiger partial charge in [-0.1, -0.05) is 6.92 Å². The van der Waals surface area contributed by atoms with E-state index in [1.165, 1.54) is 5.69 Å². The molecule has 19 heavy (non-hydrogen) atoms. The van der Waals surface area contributed by atoms with Gasteiger partial charge in [0.25, 0.3) is 0 Å². The van der Waals surface area contributed by atoms with Crippen molar-refractivity contribution in [1.29, 1.82) is 0 Å². The topological polar surface area (TPSA) is 47.7 Å². The van der Waals surface area contributed by atoms with Crippen molar-refractivity contribution in [3.63, 3.8) is 0 Å². The van der Waals surface area contributed by atoms with Crippen LogP contribution >= 0.6 is 15.9 Å². The van der Waals surface area contributed by atoms with Gasteiger partial charge in [0.15, 0.2) is 0 Å². The van der Waals surface area contributed by atoms with Crippen molar-refractivity contribution in [3.05, 3.63) is 34.1 Å². The number of imidazole rings is 1. The zero-order valence-corrected chi connectivity index (χ0v) is 13.2. The van der Waals surface area contributed by atoms with Gasteiger partial charge in [-0.25, -0.2) is 4.98 Å². The van der Waals surface area contributed by atoms with Crippen LogP contribution in [-0.4, -0.2) is 25.9 Å². The minimum absolute atomic E-state index is 0.786. The summed E-state index contributed by atoms with van der Waals surface area (Å²) in [7, 11) is 0. The molecule has 0 fully saturated rings. The molecule has 0 aliphatic rings. The Kier molecular flexibility index (Phi) is 4.76. The first-order chi connectivity index (χ1) is 9.15. The van der Waals surface area contributed by atoms with Crippen LogP contribution in [0.3, 0.4) is 0 Å². The molecule has 1 N–H and O–H groups in total. The zero-order valence-electron chi connectivity index (χ0n) is 11.6. The molecular formula is C13H20BrN5. The van der Waals surface area contributed by atoms with Crippen LogP contribution < -0.4 is 5.32 Å². The lowest BCUT2D eigenvalue weighted by molar-refractivity contribution is 0.596. The van der Waals surface area contributed by atoms with E-state index in [2.05, 4.69) is 55.9 Å². The third-order valence-corrected chi connectivity index (χ3v) is 4.06. The summed E-state index contributed by atoms with van der Waals surface area (Å²) in [6, 6.07) is 0. The predicted octanol–water partition coefficient (Wildman–Crippen LogP) is 2.33. The standard InChI is InChI=1S/C13H20BrN5/c1-4-15-6-11-7-18(9-16-11)8-12-13(14)10(3)17-19(12)5-2/h7,9,15H,4-6,8H2,1-3H3. The molecule has 0 saturated carbocycles. The van der Waals surface area contributed by atoms with E-state index in [0.29, 0.717) is 0 Å². The maximum absolute atomic E-state index is 4.50. The SMILES string of the molecule is CCNCc1cn(Cc2c(Br)c(C)nn2CC)cn1. The first kappa shape index (κ1) is 14.3. The molecule has 2 aromatic rings. The third-order valence-electron chi connectivity index (χ3n) is 3.03. The Balaban J connectivity index is 2.14. The molecule has 6 heteroatoms. The minimum atomic E-state index is 0.786. The molecule has 0 amide bonds. The lowest BCUT2D eigenvalue weighted by atomic mass is 10.3. The van der Waals surface area contributed by atoms with Crippen LogP contribution in [0, 0.1) is 6.92 Å². The largest absolute Gasteiger partial charge is 0.331 e. The Bertz CT molecular complexity index is 543. The fourth-order valence-corrected chi connectivity index (χ4v) is 2.44. The first-order valence-corrected chi connectivity index (χ1v) is 7.38. The van der Waals surface area contributed by atoms with Crippen molar-refractivity contribution < 1.29 is 0 Å². The summed E-state index contributed by atoms with van der Waals surface area (Å²) in [6.07, 6.45) is 3.96. The van der Waals surface area contributed by atoms with Crippen molar-refractivity contribution in [3.8, 4) is 0 Å². The molecule has 2 aromatic heterocycles. The molecular weight excluding hydrogens is 306 g/mol. The number of nitrogens with zero attached hydrogens (tertiary/aromatic N) is 4. The molecule has 2 heterocycles. The summed E-state index contributed by atoms with van der Waals surface area (Å²) < 4.78 is 5.22. The molecule has 0 unspecified atom stereocenters. The number of aromatic nitrogens is 4. The number of halogens is 1. The Hall–Kier alpha value is -1.14. The van der Waals surface area contributed by atoms with Crippen molar-refractivity contribution in [1.82, 2.24) is 24.6 Å². The second-order valence-electron chi connectivity index (χ2n) is 4.48. The molecule has 0 aliphatic heterocycles.